The van der Waals surface area contributed by atoms with E-state index in [2.05, 4.69) is 17.0 Å². The normalized spacial score (nSPS) is 17.6. The SMILES string of the molecule is COc1ccc(CN2CCC[C@H](c3ccc4c(=O)n(C)c(=O)n(C)c4n3)C2)cc1. The molecule has 7 nitrogen and oxygen atoms in total. The fourth-order valence-electron chi connectivity index (χ4n) is 4.13. The summed E-state index contributed by atoms with van der Waals surface area (Å²) >= 11 is 0. The van der Waals surface area contributed by atoms with Crippen LogP contribution in [0, 0.1) is 0 Å². The monoisotopic (exact) mass is 394 g/mol. The van der Waals surface area contributed by atoms with Gasteiger partial charge in [-0.2, -0.15) is 0 Å². The van der Waals surface area contributed by atoms with Gasteiger partial charge in [-0.25, -0.2) is 9.78 Å². The quantitative estimate of drug-likeness (QED) is 0.677. The Morgan fingerprint density at radius 2 is 1.83 bits per heavy atom. The molecule has 7 heteroatoms. The van der Waals surface area contributed by atoms with Crippen molar-refractivity contribution in [1.29, 1.82) is 0 Å². The van der Waals surface area contributed by atoms with Crippen LogP contribution in [0.2, 0.25) is 0 Å². The lowest BCUT2D eigenvalue weighted by Crippen LogP contribution is -2.38. The Morgan fingerprint density at radius 3 is 2.55 bits per heavy atom. The summed E-state index contributed by atoms with van der Waals surface area (Å²) in [6.07, 6.45) is 2.15. The number of piperidine rings is 1. The van der Waals surface area contributed by atoms with Gasteiger partial charge in [0.05, 0.1) is 12.5 Å². The van der Waals surface area contributed by atoms with E-state index in [1.165, 1.54) is 17.2 Å². The molecule has 0 spiro atoms. The van der Waals surface area contributed by atoms with Gasteiger partial charge in [0.25, 0.3) is 5.56 Å². The topological polar surface area (TPSA) is 69.4 Å². The maximum atomic E-state index is 12.4. The molecule has 1 aliphatic rings. The molecule has 1 atom stereocenters. The molecule has 0 bridgehead atoms. The number of fused-ring (bicyclic) bond motifs is 1. The number of nitrogens with zero attached hydrogens (tertiary/aromatic N) is 4. The molecule has 3 aromatic rings. The first kappa shape index (κ1) is 19.4. The van der Waals surface area contributed by atoms with Gasteiger partial charge in [-0.3, -0.25) is 18.8 Å². The van der Waals surface area contributed by atoms with Crippen molar-refractivity contribution in [3.63, 3.8) is 0 Å². The third-order valence-corrected chi connectivity index (χ3v) is 5.81. The molecular weight excluding hydrogens is 368 g/mol. The zero-order valence-corrected chi connectivity index (χ0v) is 17.1. The predicted octanol–water partition coefficient (Wildman–Crippen LogP) is 2.02. The van der Waals surface area contributed by atoms with Gasteiger partial charge in [0.1, 0.15) is 11.4 Å². The first-order valence-electron chi connectivity index (χ1n) is 9.90. The second-order valence-electron chi connectivity index (χ2n) is 7.74. The fraction of sp³-hybridized carbons (Fsp3) is 0.409. The zero-order chi connectivity index (χ0) is 20.5. The molecule has 1 saturated heterocycles. The minimum absolute atomic E-state index is 0.283. The summed E-state index contributed by atoms with van der Waals surface area (Å²) in [5.41, 5.74) is 2.01. The minimum Gasteiger partial charge on any atom is -0.497 e. The third-order valence-electron chi connectivity index (χ3n) is 5.81. The van der Waals surface area contributed by atoms with Crippen LogP contribution in [0.1, 0.15) is 30.0 Å². The van der Waals surface area contributed by atoms with Gasteiger partial charge in [0.2, 0.25) is 0 Å². The Morgan fingerprint density at radius 1 is 1.07 bits per heavy atom. The van der Waals surface area contributed by atoms with Crippen molar-refractivity contribution < 1.29 is 4.74 Å². The van der Waals surface area contributed by atoms with E-state index in [4.69, 9.17) is 9.72 Å². The molecule has 152 valence electrons. The highest BCUT2D eigenvalue weighted by molar-refractivity contribution is 5.74. The van der Waals surface area contributed by atoms with Crippen molar-refractivity contribution in [3.05, 3.63) is 68.5 Å². The Balaban J connectivity index is 1.58. The standard InChI is InChI=1S/C22H26N4O3/c1-24-20-18(21(27)25(2)22(24)28)10-11-19(23-20)16-5-4-12-26(14-16)13-15-6-8-17(29-3)9-7-15/h6-11,16H,4-5,12-14H2,1-3H3/t16-/m0/s1. The summed E-state index contributed by atoms with van der Waals surface area (Å²) in [6.45, 7) is 2.84. The first-order chi connectivity index (χ1) is 14.0. The van der Waals surface area contributed by atoms with Gasteiger partial charge < -0.3 is 4.74 Å². The molecule has 0 amide bonds. The highest BCUT2D eigenvalue weighted by Gasteiger charge is 2.23. The van der Waals surface area contributed by atoms with E-state index in [-0.39, 0.29) is 17.2 Å². The van der Waals surface area contributed by atoms with Crippen molar-refractivity contribution in [2.45, 2.75) is 25.3 Å². The number of benzene rings is 1. The van der Waals surface area contributed by atoms with Gasteiger partial charge in [0, 0.05) is 38.8 Å². The smallest absolute Gasteiger partial charge is 0.332 e. The van der Waals surface area contributed by atoms with Crippen LogP contribution < -0.4 is 16.0 Å². The number of aryl methyl sites for hydroxylation is 1. The van der Waals surface area contributed by atoms with Gasteiger partial charge in [-0.05, 0) is 49.2 Å². The van der Waals surface area contributed by atoms with Gasteiger partial charge in [-0.15, -0.1) is 0 Å². The number of ether oxygens (including phenoxy) is 1. The molecule has 1 fully saturated rings. The molecule has 4 rings (SSSR count). The van der Waals surface area contributed by atoms with Crippen LogP contribution in [0.3, 0.4) is 0 Å². The lowest BCUT2D eigenvalue weighted by molar-refractivity contribution is 0.198. The van der Waals surface area contributed by atoms with Crippen molar-refractivity contribution >= 4 is 11.0 Å². The second-order valence-corrected chi connectivity index (χ2v) is 7.74. The van der Waals surface area contributed by atoms with Gasteiger partial charge >= 0.3 is 5.69 Å². The van der Waals surface area contributed by atoms with Gasteiger partial charge in [-0.1, -0.05) is 12.1 Å². The first-order valence-corrected chi connectivity index (χ1v) is 9.90. The predicted molar refractivity (Wildman–Crippen MR) is 112 cm³/mol. The van der Waals surface area contributed by atoms with Crippen molar-refractivity contribution in [1.82, 2.24) is 19.0 Å². The average Bonchev–Trinajstić information content (AvgIpc) is 2.76. The van der Waals surface area contributed by atoms with E-state index < -0.39 is 0 Å². The van der Waals surface area contributed by atoms with Crippen LogP contribution in [0.5, 0.6) is 5.75 Å². The van der Waals surface area contributed by atoms with Crippen LogP contribution in [0.15, 0.2) is 46.0 Å². The summed E-state index contributed by atoms with van der Waals surface area (Å²) in [6, 6.07) is 11.9. The maximum absolute atomic E-state index is 12.4. The number of hydrogen-bond acceptors (Lipinski definition) is 5. The van der Waals surface area contributed by atoms with Crippen molar-refractivity contribution in [2.75, 3.05) is 20.2 Å². The van der Waals surface area contributed by atoms with E-state index in [1.54, 1.807) is 14.2 Å². The summed E-state index contributed by atoms with van der Waals surface area (Å²) in [4.78, 5) is 31.8. The molecule has 0 aliphatic carbocycles. The van der Waals surface area contributed by atoms with E-state index in [9.17, 15) is 9.59 Å². The summed E-state index contributed by atoms with van der Waals surface area (Å²) < 4.78 is 7.82. The number of aromatic nitrogens is 3. The lowest BCUT2D eigenvalue weighted by atomic mass is 9.93. The number of methoxy groups -OCH3 is 1. The third kappa shape index (κ3) is 3.70. The number of likely N-dealkylation sites (tertiary alicyclic amines) is 1. The van der Waals surface area contributed by atoms with E-state index in [1.807, 2.05) is 24.3 Å². The Labute approximate surface area is 169 Å². The Hall–Kier alpha value is -2.93. The summed E-state index contributed by atoms with van der Waals surface area (Å²) in [5.74, 6) is 1.15. The second kappa shape index (κ2) is 7.83. The highest BCUT2D eigenvalue weighted by atomic mass is 16.5. The Kier molecular flexibility index (Phi) is 5.24. The number of rotatable bonds is 4. The molecule has 29 heavy (non-hydrogen) atoms. The van der Waals surface area contributed by atoms with Crippen LogP contribution in [-0.2, 0) is 20.6 Å². The van der Waals surface area contributed by atoms with Crippen LogP contribution in [0.25, 0.3) is 11.0 Å². The minimum atomic E-state index is -0.350. The van der Waals surface area contributed by atoms with Crippen molar-refractivity contribution in [3.8, 4) is 5.75 Å². The van der Waals surface area contributed by atoms with E-state index >= 15 is 0 Å². The number of hydrogen-bond donors (Lipinski definition) is 0. The molecule has 2 aromatic heterocycles. The molecule has 3 heterocycles. The van der Waals surface area contributed by atoms with Crippen molar-refractivity contribution in [2.24, 2.45) is 14.1 Å². The molecular formula is C22H26N4O3. The lowest BCUT2D eigenvalue weighted by Gasteiger charge is -2.32. The maximum Gasteiger partial charge on any atom is 0.332 e. The highest BCUT2D eigenvalue weighted by Crippen LogP contribution is 2.27. The zero-order valence-electron chi connectivity index (χ0n) is 17.1. The molecule has 0 radical (unpaired) electrons. The summed E-state index contributed by atoms with van der Waals surface area (Å²) in [5, 5.41) is 0.476. The largest absolute Gasteiger partial charge is 0.497 e. The van der Waals surface area contributed by atoms with Crippen LogP contribution in [-0.4, -0.2) is 39.2 Å². The molecule has 0 saturated carbocycles. The van der Waals surface area contributed by atoms with Crippen LogP contribution in [0.4, 0.5) is 0 Å². The van der Waals surface area contributed by atoms with E-state index in [0.29, 0.717) is 11.0 Å². The average molecular weight is 394 g/mol. The molecule has 1 aromatic carbocycles. The summed E-state index contributed by atoms with van der Waals surface area (Å²) in [7, 11) is 4.83. The van der Waals surface area contributed by atoms with Crippen LogP contribution >= 0.6 is 0 Å². The Bertz CT molecular complexity index is 1150. The number of pyridine rings is 1. The fourth-order valence-corrected chi connectivity index (χ4v) is 4.13. The van der Waals surface area contributed by atoms with E-state index in [0.717, 1.165) is 48.5 Å². The molecule has 0 unspecified atom stereocenters. The molecule has 0 N–H and O–H groups in total. The molecule has 1 aliphatic heterocycles. The van der Waals surface area contributed by atoms with Gasteiger partial charge in [0.15, 0.2) is 0 Å².